The fourth-order valence-electron chi connectivity index (χ4n) is 1.57. The zero-order valence-corrected chi connectivity index (χ0v) is 13.0. The lowest BCUT2D eigenvalue weighted by Gasteiger charge is -2.12. The Hall–Kier alpha value is -1.26. The van der Waals surface area contributed by atoms with Crippen LogP contribution in [0.1, 0.15) is 30.6 Å². The highest BCUT2D eigenvalue weighted by Crippen LogP contribution is 2.21. The molecule has 1 rings (SSSR count). The molecule has 2 N–H and O–H groups in total. The number of hydrogen-bond acceptors (Lipinski definition) is 2. The molecule has 0 fully saturated rings. The maximum absolute atomic E-state index is 12.1. The Morgan fingerprint density at radius 3 is 2.60 bits per heavy atom. The minimum Gasteiger partial charge on any atom is -0.352 e. The smallest absolute Gasteiger partial charge is 0.253 e. The average molecular weight is 317 g/mol. The maximum Gasteiger partial charge on any atom is 0.253 e. The van der Waals surface area contributed by atoms with Crippen LogP contribution < -0.4 is 10.6 Å². The molecule has 110 valence electrons. The monoisotopic (exact) mass is 316 g/mol. The van der Waals surface area contributed by atoms with Gasteiger partial charge in [0.25, 0.3) is 5.91 Å². The van der Waals surface area contributed by atoms with Gasteiger partial charge in [-0.2, -0.15) is 0 Å². The number of benzene rings is 1. The summed E-state index contributed by atoms with van der Waals surface area (Å²) in [4.78, 5) is 23.5. The summed E-state index contributed by atoms with van der Waals surface area (Å²) in [7, 11) is 0. The van der Waals surface area contributed by atoms with Crippen molar-refractivity contribution in [1.82, 2.24) is 5.32 Å². The Balaban J connectivity index is 2.82. The normalized spacial score (nSPS) is 10.4. The molecule has 0 aromatic heterocycles. The van der Waals surface area contributed by atoms with E-state index in [4.69, 9.17) is 23.2 Å². The number of rotatable bonds is 6. The highest BCUT2D eigenvalue weighted by atomic mass is 35.5. The third kappa shape index (κ3) is 5.39. The van der Waals surface area contributed by atoms with Crippen molar-refractivity contribution in [3.05, 3.63) is 28.8 Å². The summed E-state index contributed by atoms with van der Waals surface area (Å²) in [5, 5.41) is 5.82. The van der Waals surface area contributed by atoms with Crippen LogP contribution in [0, 0.1) is 5.92 Å². The largest absolute Gasteiger partial charge is 0.352 e. The molecule has 1 aromatic carbocycles. The number of amides is 2. The average Bonchev–Trinajstić information content (AvgIpc) is 2.40. The van der Waals surface area contributed by atoms with Gasteiger partial charge in [0, 0.05) is 11.6 Å². The Labute approximate surface area is 128 Å². The van der Waals surface area contributed by atoms with Crippen molar-refractivity contribution in [2.75, 3.05) is 17.7 Å². The van der Waals surface area contributed by atoms with E-state index >= 15 is 0 Å². The van der Waals surface area contributed by atoms with Gasteiger partial charge in [-0.25, -0.2) is 0 Å². The second-order valence-corrected chi connectivity index (χ2v) is 5.51. The van der Waals surface area contributed by atoms with E-state index in [9.17, 15) is 9.59 Å². The molecule has 0 aliphatic heterocycles. The lowest BCUT2D eigenvalue weighted by Crippen LogP contribution is -2.27. The third-order valence-electron chi connectivity index (χ3n) is 2.63. The summed E-state index contributed by atoms with van der Waals surface area (Å²) in [5.41, 5.74) is 0.738. The van der Waals surface area contributed by atoms with Crippen molar-refractivity contribution in [3.8, 4) is 0 Å². The van der Waals surface area contributed by atoms with Gasteiger partial charge in [-0.15, -0.1) is 11.6 Å². The van der Waals surface area contributed by atoms with Gasteiger partial charge < -0.3 is 10.6 Å². The first-order valence-electron chi connectivity index (χ1n) is 6.37. The highest BCUT2D eigenvalue weighted by molar-refractivity contribution is 6.31. The van der Waals surface area contributed by atoms with E-state index in [2.05, 4.69) is 24.5 Å². The molecule has 0 heterocycles. The summed E-state index contributed by atoms with van der Waals surface area (Å²) in [6, 6.07) is 4.72. The Morgan fingerprint density at radius 2 is 2.00 bits per heavy atom. The zero-order valence-electron chi connectivity index (χ0n) is 11.5. The van der Waals surface area contributed by atoms with Gasteiger partial charge in [0.05, 0.1) is 11.3 Å². The van der Waals surface area contributed by atoms with Gasteiger partial charge in [0.2, 0.25) is 5.91 Å². The summed E-state index contributed by atoms with van der Waals surface area (Å²) in [6.07, 6.45) is 0.885. The number of nitrogens with one attached hydrogen (secondary N) is 2. The molecule has 0 saturated heterocycles. The van der Waals surface area contributed by atoms with Crippen LogP contribution in [-0.4, -0.2) is 24.2 Å². The van der Waals surface area contributed by atoms with E-state index in [1.807, 2.05) is 0 Å². The summed E-state index contributed by atoms with van der Waals surface area (Å²) in [6.45, 7) is 4.74. The standard InChI is InChI=1S/C14H18Cl2N2O2/c1-9(2)5-6-17-14(20)11-7-10(16)3-4-12(11)18-13(19)8-15/h3-4,7,9H,5-6,8H2,1-2H3,(H,17,20)(H,18,19). The maximum atomic E-state index is 12.1. The second kappa shape index (κ2) is 8.12. The van der Waals surface area contributed by atoms with Gasteiger partial charge >= 0.3 is 0 Å². The number of carbonyl (C=O) groups is 2. The van der Waals surface area contributed by atoms with Crippen LogP contribution in [0.4, 0.5) is 5.69 Å². The van der Waals surface area contributed by atoms with Crippen molar-refractivity contribution in [2.45, 2.75) is 20.3 Å². The molecule has 20 heavy (non-hydrogen) atoms. The molecular formula is C14H18Cl2N2O2. The summed E-state index contributed by atoms with van der Waals surface area (Å²) in [5.74, 6) is -0.301. The van der Waals surface area contributed by atoms with E-state index in [0.717, 1.165) is 6.42 Å². The van der Waals surface area contributed by atoms with E-state index in [0.29, 0.717) is 28.7 Å². The molecule has 0 unspecified atom stereocenters. The summed E-state index contributed by atoms with van der Waals surface area (Å²) >= 11 is 11.3. The molecule has 0 bridgehead atoms. The van der Waals surface area contributed by atoms with Gasteiger partial charge in [0.15, 0.2) is 0 Å². The van der Waals surface area contributed by atoms with Crippen LogP contribution in [-0.2, 0) is 4.79 Å². The van der Waals surface area contributed by atoms with Crippen LogP contribution in [0.5, 0.6) is 0 Å². The van der Waals surface area contributed by atoms with Gasteiger partial charge in [-0.3, -0.25) is 9.59 Å². The molecule has 4 nitrogen and oxygen atoms in total. The first kappa shape index (κ1) is 16.8. The molecule has 0 aliphatic rings. The number of hydrogen-bond donors (Lipinski definition) is 2. The van der Waals surface area contributed by atoms with Crippen LogP contribution in [0.25, 0.3) is 0 Å². The van der Waals surface area contributed by atoms with Crippen LogP contribution in [0.15, 0.2) is 18.2 Å². The predicted molar refractivity (Wildman–Crippen MR) is 82.6 cm³/mol. The molecule has 0 radical (unpaired) electrons. The zero-order chi connectivity index (χ0) is 15.1. The minimum atomic E-state index is -0.370. The quantitative estimate of drug-likeness (QED) is 0.791. The van der Waals surface area contributed by atoms with Crippen molar-refractivity contribution in [1.29, 1.82) is 0 Å². The number of alkyl halides is 1. The Morgan fingerprint density at radius 1 is 1.30 bits per heavy atom. The lowest BCUT2D eigenvalue weighted by molar-refractivity contribution is -0.113. The highest BCUT2D eigenvalue weighted by Gasteiger charge is 2.13. The van der Waals surface area contributed by atoms with Crippen molar-refractivity contribution < 1.29 is 9.59 Å². The number of carbonyl (C=O) groups excluding carboxylic acids is 2. The van der Waals surface area contributed by atoms with E-state index in [1.54, 1.807) is 12.1 Å². The van der Waals surface area contributed by atoms with Gasteiger partial charge in [0.1, 0.15) is 5.88 Å². The fraction of sp³-hybridized carbons (Fsp3) is 0.429. The van der Waals surface area contributed by atoms with Crippen LogP contribution in [0.2, 0.25) is 5.02 Å². The molecule has 0 saturated carbocycles. The SMILES string of the molecule is CC(C)CCNC(=O)c1cc(Cl)ccc1NC(=O)CCl. The Kier molecular flexibility index (Phi) is 6.82. The van der Waals surface area contributed by atoms with Gasteiger partial charge in [-0.1, -0.05) is 25.4 Å². The number of halogens is 2. The van der Waals surface area contributed by atoms with Crippen LogP contribution >= 0.6 is 23.2 Å². The topological polar surface area (TPSA) is 58.2 Å². The predicted octanol–water partition coefficient (Wildman–Crippen LogP) is 3.29. The molecule has 0 aliphatic carbocycles. The molecule has 1 aromatic rings. The fourth-order valence-corrected chi connectivity index (χ4v) is 1.81. The van der Waals surface area contributed by atoms with Crippen LogP contribution in [0.3, 0.4) is 0 Å². The molecule has 0 atom stereocenters. The second-order valence-electron chi connectivity index (χ2n) is 4.81. The number of anilines is 1. The van der Waals surface area contributed by atoms with E-state index < -0.39 is 0 Å². The van der Waals surface area contributed by atoms with E-state index in [-0.39, 0.29) is 17.7 Å². The molecule has 0 spiro atoms. The van der Waals surface area contributed by atoms with Gasteiger partial charge in [-0.05, 0) is 30.5 Å². The van der Waals surface area contributed by atoms with Crippen molar-refractivity contribution in [3.63, 3.8) is 0 Å². The Bertz CT molecular complexity index is 490. The molecule has 6 heteroatoms. The van der Waals surface area contributed by atoms with Crippen molar-refractivity contribution in [2.24, 2.45) is 5.92 Å². The minimum absolute atomic E-state index is 0.170. The third-order valence-corrected chi connectivity index (χ3v) is 3.11. The summed E-state index contributed by atoms with van der Waals surface area (Å²) < 4.78 is 0. The first-order chi connectivity index (χ1) is 9.43. The molecular weight excluding hydrogens is 299 g/mol. The first-order valence-corrected chi connectivity index (χ1v) is 7.29. The van der Waals surface area contributed by atoms with E-state index in [1.165, 1.54) is 6.07 Å². The molecule has 2 amide bonds. The van der Waals surface area contributed by atoms with Crippen molar-refractivity contribution >= 4 is 40.7 Å². The lowest BCUT2D eigenvalue weighted by atomic mass is 10.1.